The smallest absolute Gasteiger partial charge is 0.261 e. The number of hydrogen-bond acceptors (Lipinski definition) is 5. The van der Waals surface area contributed by atoms with Crippen molar-refractivity contribution in [3.63, 3.8) is 0 Å². The molecule has 0 aromatic rings. The number of hydrazone groups is 1. The maximum atomic E-state index is 13.1. The van der Waals surface area contributed by atoms with E-state index < -0.39 is 34.4 Å². The largest absolute Gasteiger partial charge is 0.475 e. The van der Waals surface area contributed by atoms with E-state index in [1.165, 1.54) is 13.8 Å². The second-order valence-electron chi connectivity index (χ2n) is 3.78. The van der Waals surface area contributed by atoms with Gasteiger partial charge in [0, 0.05) is 0 Å². The zero-order valence-electron chi connectivity index (χ0n) is 9.23. The normalized spacial score (nSPS) is 21.0. The Bertz CT molecular complexity index is 369. The van der Waals surface area contributed by atoms with Crippen molar-refractivity contribution >= 4 is 6.34 Å². The average Bonchev–Trinajstić information content (AvgIpc) is 2.59. The lowest BCUT2D eigenvalue weighted by atomic mass is 10.3. The summed E-state index contributed by atoms with van der Waals surface area (Å²) < 4.78 is 62.6. The van der Waals surface area contributed by atoms with Gasteiger partial charge in [-0.2, -0.15) is 27.1 Å². The Morgan fingerprint density at radius 2 is 1.83 bits per heavy atom. The molecule has 0 aromatic carbocycles. The molecule has 104 valence electrons. The molecule has 0 N–H and O–H groups in total. The average molecular weight is 276 g/mol. The molecule has 0 amide bonds. The predicted molar refractivity (Wildman–Crippen MR) is 49.1 cm³/mol. The first-order valence-electron chi connectivity index (χ1n) is 4.69. The van der Waals surface area contributed by atoms with E-state index in [2.05, 4.69) is 5.10 Å². The van der Waals surface area contributed by atoms with Crippen LogP contribution in [0.25, 0.3) is 0 Å². The summed E-state index contributed by atoms with van der Waals surface area (Å²) in [6.45, 7) is 2.76. The molecule has 18 heavy (non-hydrogen) atoms. The number of halogens is 5. The second kappa shape index (κ2) is 4.21. The minimum Gasteiger partial charge on any atom is -0.261 e. The molecule has 6 nitrogen and oxygen atoms in total. The summed E-state index contributed by atoms with van der Waals surface area (Å²) in [4.78, 5) is 8.67. The lowest BCUT2D eigenvalue weighted by Crippen LogP contribution is -2.59. The van der Waals surface area contributed by atoms with E-state index >= 15 is 0 Å². The summed E-state index contributed by atoms with van der Waals surface area (Å²) in [5.74, 6) is 0. The molecule has 1 heterocycles. The van der Waals surface area contributed by atoms with Crippen molar-refractivity contribution in [3.05, 3.63) is 10.1 Å². The van der Waals surface area contributed by atoms with Crippen LogP contribution in [0.3, 0.4) is 0 Å². The molecule has 1 unspecified atom stereocenters. The Morgan fingerprint density at radius 3 is 2.17 bits per heavy atom. The van der Waals surface area contributed by atoms with Crippen molar-refractivity contribution in [2.75, 3.05) is 0 Å². The third kappa shape index (κ3) is 2.16. The fourth-order valence-corrected chi connectivity index (χ4v) is 1.32. The maximum Gasteiger partial charge on any atom is 0.475 e. The topological polar surface area (TPSA) is 62.0 Å². The van der Waals surface area contributed by atoms with Crippen molar-refractivity contribution in [2.45, 2.75) is 38.4 Å². The fourth-order valence-electron chi connectivity index (χ4n) is 1.32. The minimum atomic E-state index is -5.93. The van der Waals surface area contributed by atoms with Crippen molar-refractivity contribution < 1.29 is 26.9 Å². The molecule has 0 aromatic heterocycles. The highest BCUT2D eigenvalue weighted by molar-refractivity contribution is 5.57. The van der Waals surface area contributed by atoms with E-state index in [0.717, 1.165) is 0 Å². The van der Waals surface area contributed by atoms with Gasteiger partial charge in [0.05, 0.1) is 11.0 Å². The lowest BCUT2D eigenvalue weighted by molar-refractivity contribution is -0.587. The van der Waals surface area contributed by atoms with Crippen LogP contribution in [0.1, 0.15) is 13.8 Å². The van der Waals surface area contributed by atoms with Gasteiger partial charge in [-0.05, 0) is 13.8 Å². The molecule has 1 aliphatic heterocycles. The molecule has 11 heteroatoms. The molecule has 0 radical (unpaired) electrons. The molecule has 0 saturated heterocycles. The minimum absolute atomic E-state index is 0.126. The van der Waals surface area contributed by atoms with Crippen LogP contribution in [0.5, 0.6) is 0 Å². The van der Waals surface area contributed by atoms with E-state index in [9.17, 15) is 32.1 Å². The van der Waals surface area contributed by atoms with Gasteiger partial charge in [0.15, 0.2) is 0 Å². The Balaban J connectivity index is 3.11. The fraction of sp³-hybridized carbons (Fsp3) is 0.857. The van der Waals surface area contributed by atoms with E-state index in [4.69, 9.17) is 0 Å². The Hall–Kier alpha value is -1.68. The summed E-state index contributed by atoms with van der Waals surface area (Å²) in [5, 5.41) is 14.4. The van der Waals surface area contributed by atoms with Gasteiger partial charge in [0.1, 0.15) is 6.34 Å². The van der Waals surface area contributed by atoms with Gasteiger partial charge in [-0.3, -0.25) is 10.1 Å². The van der Waals surface area contributed by atoms with Crippen LogP contribution in [-0.4, -0.2) is 45.7 Å². The lowest BCUT2D eigenvalue weighted by Gasteiger charge is -2.31. The zero-order chi connectivity index (χ0) is 14.3. The maximum absolute atomic E-state index is 13.1. The Morgan fingerprint density at radius 1 is 1.33 bits per heavy atom. The Labute approximate surface area is 97.8 Å². The van der Waals surface area contributed by atoms with Crippen molar-refractivity contribution in [2.24, 2.45) is 5.10 Å². The van der Waals surface area contributed by atoms with Gasteiger partial charge in [0.2, 0.25) is 0 Å². The third-order valence-electron chi connectivity index (χ3n) is 2.18. The first-order chi connectivity index (χ1) is 8.00. The van der Waals surface area contributed by atoms with Gasteiger partial charge in [-0.15, -0.1) is 0 Å². The van der Waals surface area contributed by atoms with Gasteiger partial charge >= 0.3 is 18.5 Å². The van der Waals surface area contributed by atoms with Crippen molar-refractivity contribution in [1.29, 1.82) is 0 Å². The zero-order valence-corrected chi connectivity index (χ0v) is 9.23. The standard InChI is InChI=1S/C7H9F5N4O2/c1-4(2)15-5(16(17)18)14(3-13-15)7(11,12)6(8,9)10/h3-5H,1-2H3. The summed E-state index contributed by atoms with van der Waals surface area (Å²) in [5.41, 5.74) is 0. The molecule has 1 aliphatic rings. The highest BCUT2D eigenvalue weighted by Gasteiger charge is 2.67. The van der Waals surface area contributed by atoms with E-state index in [-0.39, 0.29) is 6.34 Å². The summed E-state index contributed by atoms with van der Waals surface area (Å²) >= 11 is 0. The molecule has 0 bridgehead atoms. The quantitative estimate of drug-likeness (QED) is 0.340. The van der Waals surface area contributed by atoms with Crippen LogP contribution in [0.2, 0.25) is 0 Å². The summed E-state index contributed by atoms with van der Waals surface area (Å²) in [7, 11) is 0. The first kappa shape index (κ1) is 14.4. The number of alkyl halides is 5. The van der Waals surface area contributed by atoms with Gasteiger partial charge in [-0.25, -0.2) is 9.91 Å². The van der Waals surface area contributed by atoms with E-state index in [0.29, 0.717) is 5.01 Å². The monoisotopic (exact) mass is 276 g/mol. The van der Waals surface area contributed by atoms with E-state index in [1.54, 1.807) is 0 Å². The molecule has 0 saturated carbocycles. The molecule has 1 rings (SSSR count). The van der Waals surface area contributed by atoms with E-state index in [1.807, 2.05) is 0 Å². The highest BCUT2D eigenvalue weighted by Crippen LogP contribution is 2.40. The van der Waals surface area contributed by atoms with Gasteiger partial charge < -0.3 is 0 Å². The van der Waals surface area contributed by atoms with Gasteiger partial charge in [0.25, 0.3) is 0 Å². The predicted octanol–water partition coefficient (Wildman–Crippen LogP) is 1.67. The van der Waals surface area contributed by atoms with Crippen LogP contribution in [-0.2, 0) is 0 Å². The molecule has 1 atom stereocenters. The molecule has 0 aliphatic carbocycles. The number of nitro groups is 1. The molecular weight excluding hydrogens is 267 g/mol. The van der Waals surface area contributed by atoms with Crippen LogP contribution in [0, 0.1) is 10.1 Å². The third-order valence-corrected chi connectivity index (χ3v) is 2.18. The van der Waals surface area contributed by atoms with Crippen LogP contribution in [0.4, 0.5) is 22.0 Å². The molecule has 0 fully saturated rings. The van der Waals surface area contributed by atoms with Crippen molar-refractivity contribution in [3.8, 4) is 0 Å². The SMILES string of the molecule is CC(C)N1N=CN(C(F)(F)C(F)(F)F)C1[N+](=O)[O-]. The molecular formula is C7H9F5N4O2. The number of nitrogens with zero attached hydrogens (tertiary/aromatic N) is 4. The van der Waals surface area contributed by atoms with Crippen molar-refractivity contribution in [1.82, 2.24) is 9.91 Å². The van der Waals surface area contributed by atoms with Crippen LogP contribution >= 0.6 is 0 Å². The van der Waals surface area contributed by atoms with Gasteiger partial charge in [-0.1, -0.05) is 0 Å². The molecule has 0 spiro atoms. The summed E-state index contributed by atoms with van der Waals surface area (Å²) in [6.07, 6.45) is -8.19. The first-order valence-corrected chi connectivity index (χ1v) is 4.69. The second-order valence-corrected chi connectivity index (χ2v) is 3.78. The number of hydrogen-bond donors (Lipinski definition) is 0. The summed E-state index contributed by atoms with van der Waals surface area (Å²) in [6, 6.07) is -6.07. The Kier molecular flexibility index (Phi) is 3.36. The highest BCUT2D eigenvalue weighted by atomic mass is 19.4. The number of rotatable bonds is 3. The van der Waals surface area contributed by atoms with Crippen LogP contribution in [0.15, 0.2) is 5.10 Å². The van der Waals surface area contributed by atoms with Crippen LogP contribution < -0.4 is 0 Å².